The molecule has 0 unspecified atom stereocenters. The van der Waals surface area contributed by atoms with Crippen LogP contribution in [0.1, 0.15) is 48.2 Å². The minimum absolute atomic E-state index is 0.400. The van der Waals surface area contributed by atoms with Gasteiger partial charge in [-0.3, -0.25) is 4.79 Å². The molecule has 2 N–H and O–H groups in total. The molecule has 1 aliphatic rings. The van der Waals surface area contributed by atoms with Crippen LogP contribution in [0.5, 0.6) is 0 Å². The van der Waals surface area contributed by atoms with Crippen LogP contribution in [0.4, 0.5) is 0 Å². The molecule has 0 saturated heterocycles. The van der Waals surface area contributed by atoms with Gasteiger partial charge in [0.25, 0.3) is 5.91 Å². The molecule has 0 radical (unpaired) electrons. The van der Waals surface area contributed by atoms with Gasteiger partial charge in [-0.05, 0) is 31.7 Å². The highest BCUT2D eigenvalue weighted by Gasteiger charge is 2.22. The number of hydrogen-bond donors (Lipinski definition) is 1. The maximum Gasteiger partial charge on any atom is 0.250 e. The zero-order valence-electron chi connectivity index (χ0n) is 15.6. The maximum atomic E-state index is 11.9. The Kier molecular flexibility index (Phi) is 4.84. The zero-order valence-corrected chi connectivity index (χ0v) is 15.6. The summed E-state index contributed by atoms with van der Waals surface area (Å²) >= 11 is 0. The van der Waals surface area contributed by atoms with Gasteiger partial charge in [-0.1, -0.05) is 54.8 Å². The third-order valence-electron chi connectivity index (χ3n) is 5.63. The number of amides is 1. The number of carbonyl (C=O) groups is 1. The lowest BCUT2D eigenvalue weighted by molar-refractivity contribution is 0.0999. The predicted octanol–water partition coefficient (Wildman–Crippen LogP) is 4.80. The number of benzene rings is 1. The number of hydrogen-bond acceptors (Lipinski definition) is 3. The quantitative estimate of drug-likeness (QED) is 0.708. The lowest BCUT2D eigenvalue weighted by Crippen LogP contribution is -2.17. The fourth-order valence-corrected chi connectivity index (χ4v) is 4.10. The summed E-state index contributed by atoms with van der Waals surface area (Å²) < 4.78 is 7.78. The van der Waals surface area contributed by atoms with Gasteiger partial charge in [-0.2, -0.15) is 0 Å². The van der Waals surface area contributed by atoms with Crippen LogP contribution < -0.4 is 5.73 Å². The van der Waals surface area contributed by atoms with Crippen LogP contribution in [0.3, 0.4) is 0 Å². The summed E-state index contributed by atoms with van der Waals surface area (Å²) in [5.74, 6) is 0.946. The summed E-state index contributed by atoms with van der Waals surface area (Å²) in [5.41, 5.74) is 9.70. The van der Waals surface area contributed by atoms with E-state index in [-0.39, 0.29) is 0 Å². The van der Waals surface area contributed by atoms with Crippen molar-refractivity contribution in [2.75, 3.05) is 0 Å². The highest BCUT2D eigenvalue weighted by Crippen LogP contribution is 2.32. The lowest BCUT2D eigenvalue weighted by Gasteiger charge is -2.24. The number of primary amides is 1. The molecule has 1 amide bonds. The Morgan fingerprint density at radius 1 is 1.19 bits per heavy atom. The monoisotopic (exact) mass is 363 g/mol. The molecular weight excluding hydrogens is 338 g/mol. The van der Waals surface area contributed by atoms with Crippen molar-refractivity contribution in [3.8, 4) is 22.7 Å². The third-order valence-corrected chi connectivity index (χ3v) is 5.63. The first-order valence-electron chi connectivity index (χ1n) is 9.66. The van der Waals surface area contributed by atoms with E-state index in [0.717, 1.165) is 29.2 Å². The van der Waals surface area contributed by atoms with E-state index in [1.165, 1.54) is 32.1 Å². The Hall–Kier alpha value is -2.82. The molecule has 5 heteroatoms. The van der Waals surface area contributed by atoms with Gasteiger partial charge in [0.1, 0.15) is 5.69 Å². The number of aromatic nitrogens is 2. The highest BCUT2D eigenvalue weighted by atomic mass is 16.5. The molecule has 2 heterocycles. The second kappa shape index (κ2) is 7.43. The summed E-state index contributed by atoms with van der Waals surface area (Å²) in [7, 11) is 0. The van der Waals surface area contributed by atoms with Crippen molar-refractivity contribution < 1.29 is 9.32 Å². The minimum Gasteiger partial charge on any atom is -0.366 e. The molecule has 1 saturated carbocycles. The first-order chi connectivity index (χ1) is 13.1. The predicted molar refractivity (Wildman–Crippen MR) is 105 cm³/mol. The second-order valence-corrected chi connectivity index (χ2v) is 7.45. The van der Waals surface area contributed by atoms with Crippen molar-refractivity contribution in [3.05, 3.63) is 53.7 Å². The van der Waals surface area contributed by atoms with Gasteiger partial charge < -0.3 is 14.8 Å². The van der Waals surface area contributed by atoms with Gasteiger partial charge >= 0.3 is 0 Å². The number of rotatable bonds is 5. The van der Waals surface area contributed by atoms with Gasteiger partial charge in [0.15, 0.2) is 5.76 Å². The van der Waals surface area contributed by atoms with Crippen LogP contribution in [0.15, 0.2) is 47.0 Å². The van der Waals surface area contributed by atoms with Crippen molar-refractivity contribution in [2.24, 2.45) is 11.7 Å². The van der Waals surface area contributed by atoms with E-state index in [4.69, 9.17) is 10.3 Å². The van der Waals surface area contributed by atoms with Crippen molar-refractivity contribution in [3.63, 3.8) is 0 Å². The fraction of sp³-hybridized carbons (Fsp3) is 0.364. The van der Waals surface area contributed by atoms with Gasteiger partial charge in [0.05, 0.1) is 11.3 Å². The summed E-state index contributed by atoms with van der Waals surface area (Å²) in [6, 6.07) is 13.7. The summed E-state index contributed by atoms with van der Waals surface area (Å²) in [6.07, 6.45) is 6.36. The molecular formula is C22H25N3O2. The number of nitrogens with zero attached hydrogens (tertiary/aromatic N) is 2. The molecule has 0 bridgehead atoms. The Bertz CT molecular complexity index is 934. The standard InChI is InChI=1S/C22H25N3O2/c1-15-18(22(23)26)12-20(25(15)14-16-8-4-2-5-9-16)19-13-21(27-24-19)17-10-6-3-7-11-17/h3,6-7,10-13,16H,2,4-5,8-9,14H2,1H3,(H2,23,26). The Morgan fingerprint density at radius 2 is 1.93 bits per heavy atom. The van der Waals surface area contributed by atoms with E-state index < -0.39 is 5.91 Å². The summed E-state index contributed by atoms with van der Waals surface area (Å²) in [6.45, 7) is 2.85. The fourth-order valence-electron chi connectivity index (χ4n) is 4.10. The molecule has 3 aromatic rings. The number of nitrogens with two attached hydrogens (primary N) is 1. The molecule has 1 aromatic carbocycles. The molecule has 0 atom stereocenters. The smallest absolute Gasteiger partial charge is 0.250 e. The number of carbonyl (C=O) groups excluding carboxylic acids is 1. The SMILES string of the molecule is Cc1c(C(N)=O)cc(-c2cc(-c3ccccc3)on2)n1CC1CCCCC1. The largest absolute Gasteiger partial charge is 0.366 e. The zero-order chi connectivity index (χ0) is 18.8. The van der Waals surface area contributed by atoms with Crippen LogP contribution in [0.2, 0.25) is 0 Å². The van der Waals surface area contributed by atoms with Gasteiger partial charge in [0, 0.05) is 23.9 Å². The van der Waals surface area contributed by atoms with E-state index in [1.807, 2.05) is 49.4 Å². The van der Waals surface area contributed by atoms with E-state index in [9.17, 15) is 4.79 Å². The van der Waals surface area contributed by atoms with Crippen molar-refractivity contribution in [1.82, 2.24) is 9.72 Å². The van der Waals surface area contributed by atoms with Gasteiger partial charge in [-0.15, -0.1) is 0 Å². The van der Waals surface area contributed by atoms with Crippen molar-refractivity contribution in [1.29, 1.82) is 0 Å². The van der Waals surface area contributed by atoms with Gasteiger partial charge in [0.2, 0.25) is 0 Å². The van der Waals surface area contributed by atoms with E-state index >= 15 is 0 Å². The lowest BCUT2D eigenvalue weighted by atomic mass is 9.89. The molecule has 27 heavy (non-hydrogen) atoms. The second-order valence-electron chi connectivity index (χ2n) is 7.45. The molecule has 1 aliphatic carbocycles. The van der Waals surface area contributed by atoms with Crippen LogP contribution in [-0.4, -0.2) is 15.6 Å². The molecule has 5 nitrogen and oxygen atoms in total. The maximum absolute atomic E-state index is 11.9. The Labute approximate surface area is 159 Å². The molecule has 4 rings (SSSR count). The molecule has 140 valence electrons. The van der Waals surface area contributed by atoms with Crippen LogP contribution >= 0.6 is 0 Å². The van der Waals surface area contributed by atoms with Crippen LogP contribution in [0, 0.1) is 12.8 Å². The normalized spacial score (nSPS) is 15.1. The van der Waals surface area contributed by atoms with E-state index in [1.54, 1.807) is 0 Å². The summed E-state index contributed by atoms with van der Waals surface area (Å²) in [4.78, 5) is 11.9. The van der Waals surface area contributed by atoms with Crippen molar-refractivity contribution >= 4 is 5.91 Å². The van der Waals surface area contributed by atoms with Crippen molar-refractivity contribution in [2.45, 2.75) is 45.6 Å². The first-order valence-corrected chi connectivity index (χ1v) is 9.66. The highest BCUT2D eigenvalue weighted by molar-refractivity contribution is 5.95. The molecule has 0 spiro atoms. The van der Waals surface area contributed by atoms with Crippen LogP contribution in [-0.2, 0) is 6.54 Å². The molecule has 2 aromatic heterocycles. The topological polar surface area (TPSA) is 74.1 Å². The minimum atomic E-state index is -0.400. The third kappa shape index (κ3) is 3.54. The van der Waals surface area contributed by atoms with Crippen LogP contribution in [0.25, 0.3) is 22.7 Å². The average molecular weight is 363 g/mol. The average Bonchev–Trinajstić information content (AvgIpc) is 3.29. The van der Waals surface area contributed by atoms with Gasteiger partial charge in [-0.25, -0.2) is 0 Å². The Morgan fingerprint density at radius 3 is 2.63 bits per heavy atom. The first kappa shape index (κ1) is 17.6. The molecule has 1 fully saturated rings. The van der Waals surface area contributed by atoms with E-state index in [0.29, 0.717) is 17.2 Å². The van der Waals surface area contributed by atoms with E-state index in [2.05, 4.69) is 9.72 Å². The molecule has 0 aliphatic heterocycles. The summed E-state index contributed by atoms with van der Waals surface area (Å²) in [5, 5.41) is 4.28. The Balaban J connectivity index is 1.72.